The molecule has 6 heteroatoms. The van der Waals surface area contributed by atoms with Crippen LogP contribution in [0, 0.1) is 5.82 Å². The number of hydrogen-bond donors (Lipinski definition) is 0. The molecule has 28 heavy (non-hydrogen) atoms. The van der Waals surface area contributed by atoms with Crippen molar-refractivity contribution in [3.8, 4) is 11.3 Å². The van der Waals surface area contributed by atoms with Crippen LogP contribution in [0.5, 0.6) is 0 Å². The highest BCUT2D eigenvalue weighted by Gasteiger charge is 2.27. The number of oxazole rings is 1. The molecule has 1 amide bonds. The Hall–Kier alpha value is -3.15. The van der Waals surface area contributed by atoms with Crippen molar-refractivity contribution < 1.29 is 18.3 Å². The van der Waals surface area contributed by atoms with Gasteiger partial charge in [0.1, 0.15) is 12.4 Å². The molecule has 0 aliphatic carbocycles. The van der Waals surface area contributed by atoms with Crippen LogP contribution in [0.25, 0.3) is 11.3 Å². The number of hydrogen-bond acceptors (Lipinski definition) is 4. The van der Waals surface area contributed by atoms with Gasteiger partial charge in [-0.1, -0.05) is 30.3 Å². The van der Waals surface area contributed by atoms with E-state index in [-0.39, 0.29) is 24.4 Å². The van der Waals surface area contributed by atoms with Crippen molar-refractivity contribution in [3.05, 3.63) is 78.1 Å². The summed E-state index contributed by atoms with van der Waals surface area (Å²) in [7, 11) is 0. The van der Waals surface area contributed by atoms with Crippen molar-refractivity contribution in [3.63, 3.8) is 0 Å². The molecule has 4 rings (SSSR count). The quantitative estimate of drug-likeness (QED) is 0.639. The van der Waals surface area contributed by atoms with Crippen molar-refractivity contribution in [2.24, 2.45) is 0 Å². The molecular weight excluding hydrogens is 359 g/mol. The van der Waals surface area contributed by atoms with Gasteiger partial charge in [-0.2, -0.15) is 0 Å². The fourth-order valence-corrected chi connectivity index (χ4v) is 3.34. The van der Waals surface area contributed by atoms with Gasteiger partial charge in [0, 0.05) is 24.6 Å². The van der Waals surface area contributed by atoms with Crippen LogP contribution in [0.1, 0.15) is 30.2 Å². The number of nitrogens with zero attached hydrogens (tertiary/aromatic N) is 2. The lowest BCUT2D eigenvalue weighted by Crippen LogP contribution is -2.38. The SMILES string of the molecule is O=C(OCc1ccccc1)N1CCC(c2ncc(-c3ccc(F)cc3)o2)CC1. The molecule has 0 unspecified atom stereocenters. The third kappa shape index (κ3) is 4.22. The van der Waals surface area contributed by atoms with E-state index in [1.54, 1.807) is 23.2 Å². The fourth-order valence-electron chi connectivity index (χ4n) is 3.34. The highest BCUT2D eigenvalue weighted by atomic mass is 19.1. The summed E-state index contributed by atoms with van der Waals surface area (Å²) in [5, 5.41) is 0. The number of likely N-dealkylation sites (tertiary alicyclic amines) is 1. The summed E-state index contributed by atoms with van der Waals surface area (Å²) in [6.45, 7) is 1.49. The topological polar surface area (TPSA) is 55.6 Å². The molecule has 0 bridgehead atoms. The minimum atomic E-state index is -0.290. The number of piperidine rings is 1. The smallest absolute Gasteiger partial charge is 0.410 e. The molecule has 0 N–H and O–H groups in total. The van der Waals surface area contributed by atoms with Gasteiger partial charge in [0.25, 0.3) is 0 Å². The predicted octanol–water partition coefficient (Wildman–Crippen LogP) is 5.00. The second-order valence-electron chi connectivity index (χ2n) is 6.87. The molecule has 1 aromatic heterocycles. The van der Waals surface area contributed by atoms with Gasteiger partial charge in [0.05, 0.1) is 6.20 Å². The molecule has 0 spiro atoms. The summed E-state index contributed by atoms with van der Waals surface area (Å²) >= 11 is 0. The van der Waals surface area contributed by atoms with E-state index in [4.69, 9.17) is 9.15 Å². The standard InChI is InChI=1S/C22H21FN2O3/c23-19-8-6-17(7-9-19)20-14-24-21(28-20)18-10-12-25(13-11-18)22(26)27-15-16-4-2-1-3-5-16/h1-9,14,18H,10-13,15H2. The van der Waals surface area contributed by atoms with E-state index in [2.05, 4.69) is 4.98 Å². The van der Waals surface area contributed by atoms with E-state index >= 15 is 0 Å². The average Bonchev–Trinajstić information content (AvgIpc) is 3.24. The fraction of sp³-hybridized carbons (Fsp3) is 0.273. The van der Waals surface area contributed by atoms with Crippen LogP contribution in [-0.2, 0) is 11.3 Å². The minimum absolute atomic E-state index is 0.160. The first kappa shape index (κ1) is 18.2. The van der Waals surface area contributed by atoms with Crippen molar-refractivity contribution in [2.75, 3.05) is 13.1 Å². The number of ether oxygens (including phenoxy) is 1. The largest absolute Gasteiger partial charge is 0.445 e. The summed E-state index contributed by atoms with van der Waals surface area (Å²) in [5.74, 6) is 1.17. The van der Waals surface area contributed by atoms with Gasteiger partial charge in [-0.05, 0) is 42.7 Å². The molecular formula is C22H21FN2O3. The second-order valence-corrected chi connectivity index (χ2v) is 6.87. The van der Waals surface area contributed by atoms with Crippen molar-refractivity contribution in [1.82, 2.24) is 9.88 Å². The van der Waals surface area contributed by atoms with Gasteiger partial charge in [-0.3, -0.25) is 0 Å². The molecule has 144 valence electrons. The van der Waals surface area contributed by atoms with E-state index in [0.29, 0.717) is 24.7 Å². The van der Waals surface area contributed by atoms with E-state index in [0.717, 1.165) is 24.0 Å². The summed E-state index contributed by atoms with van der Waals surface area (Å²) in [6, 6.07) is 15.8. The molecule has 0 atom stereocenters. The van der Waals surface area contributed by atoms with Crippen LogP contribution >= 0.6 is 0 Å². The zero-order chi connectivity index (χ0) is 19.3. The molecule has 1 saturated heterocycles. The molecule has 0 saturated carbocycles. The summed E-state index contributed by atoms with van der Waals surface area (Å²) in [4.78, 5) is 18.4. The Morgan fingerprint density at radius 3 is 2.54 bits per heavy atom. The minimum Gasteiger partial charge on any atom is -0.445 e. The lowest BCUT2D eigenvalue weighted by molar-refractivity contribution is 0.0856. The Bertz CT molecular complexity index is 916. The maximum atomic E-state index is 13.1. The highest BCUT2D eigenvalue weighted by molar-refractivity contribution is 5.67. The number of halogens is 1. The zero-order valence-corrected chi connectivity index (χ0v) is 15.4. The summed E-state index contributed by atoms with van der Waals surface area (Å²) in [5.41, 5.74) is 1.76. The van der Waals surface area contributed by atoms with Crippen LogP contribution in [0.3, 0.4) is 0 Å². The van der Waals surface area contributed by atoms with Gasteiger partial charge in [0.2, 0.25) is 0 Å². The zero-order valence-electron chi connectivity index (χ0n) is 15.4. The molecule has 1 aliphatic heterocycles. The van der Waals surface area contributed by atoms with E-state index < -0.39 is 0 Å². The summed E-state index contributed by atoms with van der Waals surface area (Å²) in [6.07, 6.45) is 2.91. The van der Waals surface area contributed by atoms with E-state index in [9.17, 15) is 9.18 Å². The third-order valence-electron chi connectivity index (χ3n) is 4.96. The molecule has 2 aromatic carbocycles. The van der Waals surface area contributed by atoms with E-state index in [1.807, 2.05) is 30.3 Å². The first-order chi connectivity index (χ1) is 13.7. The maximum absolute atomic E-state index is 13.1. The lowest BCUT2D eigenvalue weighted by Gasteiger charge is -2.29. The molecule has 0 radical (unpaired) electrons. The van der Waals surface area contributed by atoms with Crippen LogP contribution in [0.15, 0.2) is 65.2 Å². The van der Waals surface area contributed by atoms with Crippen molar-refractivity contribution >= 4 is 6.09 Å². The van der Waals surface area contributed by atoms with Gasteiger partial charge < -0.3 is 14.1 Å². The Morgan fingerprint density at radius 1 is 1.11 bits per heavy atom. The van der Waals surface area contributed by atoms with E-state index in [1.165, 1.54) is 12.1 Å². The van der Waals surface area contributed by atoms with Crippen LogP contribution in [-0.4, -0.2) is 29.1 Å². The average molecular weight is 380 g/mol. The number of carbonyl (C=O) groups is 1. The Labute approximate surface area is 162 Å². The monoisotopic (exact) mass is 380 g/mol. The Balaban J connectivity index is 1.30. The first-order valence-corrected chi connectivity index (χ1v) is 9.36. The normalized spacial score (nSPS) is 14.8. The second kappa shape index (κ2) is 8.25. The number of rotatable bonds is 4. The van der Waals surface area contributed by atoms with Crippen LogP contribution < -0.4 is 0 Å². The van der Waals surface area contributed by atoms with Crippen molar-refractivity contribution in [1.29, 1.82) is 0 Å². The van der Waals surface area contributed by atoms with Gasteiger partial charge >= 0.3 is 6.09 Å². The molecule has 1 aliphatic rings. The van der Waals surface area contributed by atoms with Gasteiger partial charge in [-0.25, -0.2) is 14.2 Å². The van der Waals surface area contributed by atoms with Crippen LogP contribution in [0.4, 0.5) is 9.18 Å². The Kier molecular flexibility index (Phi) is 5.37. The van der Waals surface area contributed by atoms with Crippen molar-refractivity contribution in [2.45, 2.75) is 25.4 Å². The first-order valence-electron chi connectivity index (χ1n) is 9.36. The molecule has 5 nitrogen and oxygen atoms in total. The summed E-state index contributed by atoms with van der Waals surface area (Å²) < 4.78 is 24.3. The predicted molar refractivity (Wildman–Crippen MR) is 102 cm³/mol. The maximum Gasteiger partial charge on any atom is 0.410 e. The number of aromatic nitrogens is 1. The number of carbonyl (C=O) groups excluding carboxylic acids is 1. The highest BCUT2D eigenvalue weighted by Crippen LogP contribution is 2.30. The molecule has 3 aromatic rings. The van der Waals surface area contributed by atoms with Crippen LogP contribution in [0.2, 0.25) is 0 Å². The molecule has 1 fully saturated rings. The van der Waals surface area contributed by atoms with Gasteiger partial charge in [0.15, 0.2) is 11.7 Å². The molecule has 2 heterocycles. The third-order valence-corrected chi connectivity index (χ3v) is 4.96. The van der Waals surface area contributed by atoms with Gasteiger partial charge in [-0.15, -0.1) is 0 Å². The Morgan fingerprint density at radius 2 is 1.82 bits per heavy atom. The number of benzene rings is 2. The lowest BCUT2D eigenvalue weighted by atomic mass is 9.97. The number of amides is 1.